The van der Waals surface area contributed by atoms with E-state index in [-0.39, 0.29) is 12.1 Å². The van der Waals surface area contributed by atoms with Crippen molar-refractivity contribution in [3.8, 4) is 11.6 Å². The predicted molar refractivity (Wildman–Crippen MR) is 119 cm³/mol. The van der Waals surface area contributed by atoms with Crippen molar-refractivity contribution in [2.75, 3.05) is 13.1 Å². The molecule has 2 aromatic heterocycles. The molecule has 1 aliphatic rings. The third-order valence-corrected chi connectivity index (χ3v) is 5.98. The van der Waals surface area contributed by atoms with Gasteiger partial charge < -0.3 is 14.4 Å². The molecule has 1 aliphatic heterocycles. The molecule has 164 valence electrons. The first-order valence-electron chi connectivity index (χ1n) is 10.9. The molecule has 31 heavy (non-hydrogen) atoms. The van der Waals surface area contributed by atoms with E-state index in [1.807, 2.05) is 75.1 Å². The Balaban J connectivity index is 1.41. The van der Waals surface area contributed by atoms with E-state index >= 15 is 0 Å². The van der Waals surface area contributed by atoms with Crippen LogP contribution in [0.5, 0.6) is 11.6 Å². The van der Waals surface area contributed by atoms with Crippen molar-refractivity contribution < 1.29 is 14.3 Å². The van der Waals surface area contributed by atoms with Crippen molar-refractivity contribution in [3.05, 3.63) is 48.3 Å². The molecule has 0 aliphatic carbocycles. The Bertz CT molecular complexity index is 1050. The molecule has 0 saturated carbocycles. The van der Waals surface area contributed by atoms with Crippen LogP contribution in [0.2, 0.25) is 0 Å². The highest BCUT2D eigenvalue weighted by atomic mass is 16.6. The van der Waals surface area contributed by atoms with Crippen molar-refractivity contribution in [1.82, 2.24) is 19.7 Å². The van der Waals surface area contributed by atoms with Gasteiger partial charge in [0.1, 0.15) is 11.4 Å². The fourth-order valence-electron chi connectivity index (χ4n) is 3.66. The smallest absolute Gasteiger partial charge is 0.410 e. The number of piperidine rings is 1. The van der Waals surface area contributed by atoms with Crippen molar-refractivity contribution in [1.29, 1.82) is 0 Å². The number of ether oxygens (including phenoxy) is 2. The maximum atomic E-state index is 12.4. The fourth-order valence-corrected chi connectivity index (χ4v) is 3.66. The van der Waals surface area contributed by atoms with Crippen LogP contribution in [0.25, 0.3) is 10.9 Å². The molecule has 0 N–H and O–H groups in total. The Morgan fingerprint density at radius 3 is 2.55 bits per heavy atom. The van der Waals surface area contributed by atoms with E-state index in [4.69, 9.17) is 9.47 Å². The van der Waals surface area contributed by atoms with E-state index < -0.39 is 5.60 Å². The fraction of sp³-hybridized carbons (Fsp3) is 0.458. The van der Waals surface area contributed by atoms with Crippen molar-refractivity contribution >= 4 is 17.0 Å². The minimum absolute atomic E-state index is 0.227. The Hall–Kier alpha value is -3.09. The highest BCUT2D eigenvalue weighted by Gasteiger charge is 2.29. The summed E-state index contributed by atoms with van der Waals surface area (Å²) in [5.41, 5.74) is 1.73. The standard InChI is InChI=1S/C24H30N4O3/c1-5-24(3,4)31-23(29)27-12-10-19(11-13-27)28-21-16-25-22(14-18(21)15-26-28)30-20-8-6-17(2)7-9-20/h6-9,14-16,19H,5,10-13H2,1-4H3. The van der Waals surface area contributed by atoms with E-state index in [1.165, 1.54) is 5.56 Å². The summed E-state index contributed by atoms with van der Waals surface area (Å²) >= 11 is 0. The molecule has 0 radical (unpaired) electrons. The summed E-state index contributed by atoms with van der Waals surface area (Å²) in [6.45, 7) is 9.27. The van der Waals surface area contributed by atoms with E-state index in [0.717, 1.165) is 35.9 Å². The van der Waals surface area contributed by atoms with Gasteiger partial charge in [-0.2, -0.15) is 5.10 Å². The van der Waals surface area contributed by atoms with Crippen LogP contribution < -0.4 is 4.74 Å². The molecule has 3 aromatic rings. The number of amides is 1. The third kappa shape index (κ3) is 4.81. The van der Waals surface area contributed by atoms with Crippen LogP contribution in [0.3, 0.4) is 0 Å². The average Bonchev–Trinajstić information content (AvgIpc) is 3.18. The number of nitrogens with zero attached hydrogens (tertiary/aromatic N) is 4. The lowest BCUT2D eigenvalue weighted by Crippen LogP contribution is -2.42. The van der Waals surface area contributed by atoms with E-state index in [2.05, 4.69) is 10.1 Å². The largest absolute Gasteiger partial charge is 0.443 e. The van der Waals surface area contributed by atoms with Gasteiger partial charge in [0, 0.05) is 24.5 Å². The molecule has 0 bridgehead atoms. The average molecular weight is 423 g/mol. The van der Waals surface area contributed by atoms with Gasteiger partial charge in [-0.05, 0) is 52.2 Å². The van der Waals surface area contributed by atoms with Crippen molar-refractivity contribution in [3.63, 3.8) is 0 Å². The number of hydrogen-bond donors (Lipinski definition) is 0. The first-order chi connectivity index (χ1) is 14.8. The maximum absolute atomic E-state index is 12.4. The number of hydrogen-bond acceptors (Lipinski definition) is 5. The van der Waals surface area contributed by atoms with Crippen LogP contribution in [0.15, 0.2) is 42.7 Å². The highest BCUT2D eigenvalue weighted by molar-refractivity contribution is 5.79. The number of rotatable bonds is 5. The second-order valence-corrected chi connectivity index (χ2v) is 8.79. The van der Waals surface area contributed by atoms with Gasteiger partial charge in [0.25, 0.3) is 0 Å². The molecule has 3 heterocycles. The van der Waals surface area contributed by atoms with Gasteiger partial charge in [0.15, 0.2) is 0 Å². The van der Waals surface area contributed by atoms with Gasteiger partial charge in [-0.1, -0.05) is 24.6 Å². The number of carbonyl (C=O) groups is 1. The van der Waals surface area contributed by atoms with Crippen LogP contribution in [-0.4, -0.2) is 44.4 Å². The number of fused-ring (bicyclic) bond motifs is 1. The van der Waals surface area contributed by atoms with Gasteiger partial charge in [0.2, 0.25) is 5.88 Å². The Morgan fingerprint density at radius 1 is 1.16 bits per heavy atom. The zero-order chi connectivity index (χ0) is 22.0. The van der Waals surface area contributed by atoms with Crippen LogP contribution >= 0.6 is 0 Å². The summed E-state index contributed by atoms with van der Waals surface area (Å²) in [5.74, 6) is 1.31. The molecule has 0 unspecified atom stereocenters. The first-order valence-corrected chi connectivity index (χ1v) is 10.9. The van der Waals surface area contributed by atoms with Gasteiger partial charge >= 0.3 is 6.09 Å². The minimum atomic E-state index is -0.434. The maximum Gasteiger partial charge on any atom is 0.410 e. The van der Waals surface area contributed by atoms with Gasteiger partial charge in [-0.15, -0.1) is 0 Å². The van der Waals surface area contributed by atoms with E-state index in [1.54, 1.807) is 4.90 Å². The summed E-state index contributed by atoms with van der Waals surface area (Å²) in [7, 11) is 0. The highest BCUT2D eigenvalue weighted by Crippen LogP contribution is 2.29. The lowest BCUT2D eigenvalue weighted by molar-refractivity contribution is 0.00595. The molecular weight excluding hydrogens is 392 g/mol. The number of aromatic nitrogens is 3. The molecular formula is C24H30N4O3. The number of likely N-dealkylation sites (tertiary alicyclic amines) is 1. The quantitative estimate of drug-likeness (QED) is 0.543. The Morgan fingerprint density at radius 2 is 1.87 bits per heavy atom. The zero-order valence-electron chi connectivity index (χ0n) is 18.7. The summed E-state index contributed by atoms with van der Waals surface area (Å²) in [6, 6.07) is 10.0. The second-order valence-electron chi connectivity index (χ2n) is 8.79. The van der Waals surface area contributed by atoms with Crippen LogP contribution in [0, 0.1) is 6.92 Å². The molecule has 7 nitrogen and oxygen atoms in total. The molecule has 1 aromatic carbocycles. The zero-order valence-corrected chi connectivity index (χ0v) is 18.7. The lowest BCUT2D eigenvalue weighted by atomic mass is 10.1. The second kappa shape index (κ2) is 8.57. The predicted octanol–water partition coefficient (Wildman–Crippen LogP) is 5.49. The molecule has 0 spiro atoms. The lowest BCUT2D eigenvalue weighted by Gasteiger charge is -2.34. The van der Waals surface area contributed by atoms with Crippen LogP contribution in [0.1, 0.15) is 51.6 Å². The topological polar surface area (TPSA) is 69.5 Å². The monoisotopic (exact) mass is 422 g/mol. The number of pyridine rings is 1. The van der Waals surface area contributed by atoms with Crippen molar-refractivity contribution in [2.45, 2.75) is 58.6 Å². The van der Waals surface area contributed by atoms with Crippen LogP contribution in [0.4, 0.5) is 4.79 Å². The number of benzene rings is 1. The van der Waals surface area contributed by atoms with Crippen molar-refractivity contribution in [2.24, 2.45) is 0 Å². The number of aryl methyl sites for hydroxylation is 1. The molecule has 1 amide bonds. The molecule has 1 saturated heterocycles. The van der Waals surface area contributed by atoms with Gasteiger partial charge in [-0.25, -0.2) is 9.78 Å². The summed E-state index contributed by atoms with van der Waals surface area (Å²) in [5, 5.41) is 5.60. The third-order valence-electron chi connectivity index (χ3n) is 5.98. The summed E-state index contributed by atoms with van der Waals surface area (Å²) in [6.07, 6.45) is 5.90. The van der Waals surface area contributed by atoms with E-state index in [0.29, 0.717) is 19.0 Å². The van der Waals surface area contributed by atoms with Gasteiger partial charge in [-0.3, -0.25) is 4.68 Å². The summed E-state index contributed by atoms with van der Waals surface area (Å²) in [4.78, 5) is 18.7. The Labute approximate surface area is 183 Å². The molecule has 1 fully saturated rings. The number of carbonyl (C=O) groups excluding carboxylic acids is 1. The minimum Gasteiger partial charge on any atom is -0.443 e. The normalized spacial score (nSPS) is 15.3. The Kier molecular flexibility index (Phi) is 5.85. The molecule has 4 rings (SSSR count). The van der Waals surface area contributed by atoms with Gasteiger partial charge in [0.05, 0.1) is 24.0 Å². The van der Waals surface area contributed by atoms with E-state index in [9.17, 15) is 4.79 Å². The first kappa shape index (κ1) is 21.2. The van der Waals surface area contributed by atoms with Crippen LogP contribution in [-0.2, 0) is 4.74 Å². The molecule has 0 atom stereocenters. The molecule has 7 heteroatoms. The summed E-state index contributed by atoms with van der Waals surface area (Å²) < 4.78 is 13.5. The SMILES string of the molecule is CCC(C)(C)OC(=O)N1CCC(n2ncc3cc(Oc4ccc(C)cc4)ncc32)CC1.